The van der Waals surface area contributed by atoms with E-state index in [0.29, 0.717) is 18.3 Å². The summed E-state index contributed by atoms with van der Waals surface area (Å²) in [6.07, 6.45) is -1.42. The SMILES string of the molecule is CCCNc1nc(N(C)C(C)C2CC2)cc(C(F)(F)F)n1. The summed E-state index contributed by atoms with van der Waals surface area (Å²) in [5.74, 6) is 0.901. The highest BCUT2D eigenvalue weighted by Crippen LogP contribution is 2.37. The van der Waals surface area contributed by atoms with Crippen LogP contribution in [-0.2, 0) is 6.18 Å². The highest BCUT2D eigenvalue weighted by molar-refractivity contribution is 5.46. The van der Waals surface area contributed by atoms with Gasteiger partial charge in [0, 0.05) is 25.7 Å². The molecule has 0 bridgehead atoms. The number of nitrogens with zero attached hydrogens (tertiary/aromatic N) is 3. The van der Waals surface area contributed by atoms with Crippen molar-refractivity contribution in [1.82, 2.24) is 9.97 Å². The van der Waals surface area contributed by atoms with E-state index in [1.165, 1.54) is 0 Å². The van der Waals surface area contributed by atoms with Crippen LogP contribution >= 0.6 is 0 Å². The second-order valence-corrected chi connectivity index (χ2v) is 5.55. The Bertz CT molecular complexity index is 486. The summed E-state index contributed by atoms with van der Waals surface area (Å²) in [7, 11) is 1.79. The Morgan fingerprint density at radius 2 is 2.05 bits per heavy atom. The molecule has 1 aromatic rings. The number of aromatic nitrogens is 2. The first-order valence-corrected chi connectivity index (χ1v) is 7.26. The van der Waals surface area contributed by atoms with E-state index in [4.69, 9.17) is 0 Å². The van der Waals surface area contributed by atoms with Crippen molar-refractivity contribution >= 4 is 11.8 Å². The third kappa shape index (κ3) is 3.98. The van der Waals surface area contributed by atoms with Gasteiger partial charge >= 0.3 is 6.18 Å². The van der Waals surface area contributed by atoms with E-state index in [0.717, 1.165) is 25.3 Å². The van der Waals surface area contributed by atoms with Crippen molar-refractivity contribution in [2.45, 2.75) is 45.3 Å². The molecule has 0 saturated heterocycles. The number of alkyl halides is 3. The van der Waals surface area contributed by atoms with Gasteiger partial charge in [-0.3, -0.25) is 0 Å². The van der Waals surface area contributed by atoms with E-state index in [-0.39, 0.29) is 12.0 Å². The van der Waals surface area contributed by atoms with Crippen LogP contribution in [0.2, 0.25) is 0 Å². The number of hydrogen-bond acceptors (Lipinski definition) is 4. The molecular formula is C14H21F3N4. The number of anilines is 2. The van der Waals surface area contributed by atoms with Gasteiger partial charge in [-0.05, 0) is 32.1 Å². The Morgan fingerprint density at radius 3 is 2.57 bits per heavy atom. The van der Waals surface area contributed by atoms with Crippen molar-refractivity contribution in [3.8, 4) is 0 Å². The zero-order valence-corrected chi connectivity index (χ0v) is 12.5. The third-order valence-corrected chi connectivity index (χ3v) is 3.81. The second-order valence-electron chi connectivity index (χ2n) is 5.55. The average molecular weight is 302 g/mol. The lowest BCUT2D eigenvalue weighted by Crippen LogP contribution is -2.32. The molecule has 0 amide bonds. The molecule has 1 aliphatic rings. The molecule has 1 heterocycles. The van der Waals surface area contributed by atoms with Crippen molar-refractivity contribution in [2.75, 3.05) is 23.8 Å². The number of nitrogens with one attached hydrogen (secondary N) is 1. The minimum Gasteiger partial charge on any atom is -0.357 e. The molecule has 0 aromatic carbocycles. The quantitative estimate of drug-likeness (QED) is 0.872. The lowest BCUT2D eigenvalue weighted by atomic mass is 10.2. The fourth-order valence-corrected chi connectivity index (χ4v) is 2.18. The third-order valence-electron chi connectivity index (χ3n) is 3.81. The van der Waals surface area contributed by atoms with Gasteiger partial charge < -0.3 is 10.2 Å². The van der Waals surface area contributed by atoms with Gasteiger partial charge in [0.25, 0.3) is 0 Å². The largest absolute Gasteiger partial charge is 0.433 e. The molecule has 1 saturated carbocycles. The fourth-order valence-electron chi connectivity index (χ4n) is 2.18. The number of halogens is 3. The summed E-state index contributed by atoms with van der Waals surface area (Å²) in [6, 6.07) is 1.20. The lowest BCUT2D eigenvalue weighted by molar-refractivity contribution is -0.141. The van der Waals surface area contributed by atoms with Crippen molar-refractivity contribution in [1.29, 1.82) is 0 Å². The van der Waals surface area contributed by atoms with Crippen molar-refractivity contribution in [2.24, 2.45) is 5.92 Å². The van der Waals surface area contributed by atoms with Gasteiger partial charge in [-0.25, -0.2) is 4.98 Å². The molecule has 1 N–H and O–H groups in total. The minimum atomic E-state index is -4.47. The van der Waals surface area contributed by atoms with Gasteiger partial charge in [-0.15, -0.1) is 0 Å². The molecule has 2 rings (SSSR count). The Morgan fingerprint density at radius 1 is 1.38 bits per heavy atom. The van der Waals surface area contributed by atoms with Gasteiger partial charge in [0.2, 0.25) is 5.95 Å². The zero-order chi connectivity index (χ0) is 15.6. The highest BCUT2D eigenvalue weighted by Gasteiger charge is 2.36. The summed E-state index contributed by atoms with van der Waals surface area (Å²) in [6.45, 7) is 4.50. The van der Waals surface area contributed by atoms with E-state index >= 15 is 0 Å². The van der Waals surface area contributed by atoms with Crippen molar-refractivity contribution in [3.05, 3.63) is 11.8 Å². The van der Waals surface area contributed by atoms with Crippen molar-refractivity contribution in [3.63, 3.8) is 0 Å². The number of hydrogen-bond donors (Lipinski definition) is 1. The molecule has 0 aliphatic heterocycles. The van der Waals surface area contributed by atoms with Crippen LogP contribution in [0.15, 0.2) is 6.07 Å². The van der Waals surface area contributed by atoms with E-state index in [1.54, 1.807) is 7.05 Å². The topological polar surface area (TPSA) is 41.1 Å². The molecule has 0 radical (unpaired) electrons. The Labute approximate surface area is 122 Å². The fraction of sp³-hybridized carbons (Fsp3) is 0.714. The molecule has 118 valence electrons. The predicted octanol–water partition coefficient (Wildman–Crippen LogP) is 3.55. The van der Waals surface area contributed by atoms with Gasteiger partial charge in [0.15, 0.2) is 5.69 Å². The van der Waals surface area contributed by atoms with E-state index < -0.39 is 11.9 Å². The van der Waals surface area contributed by atoms with Gasteiger partial charge in [0.1, 0.15) is 5.82 Å². The Hall–Kier alpha value is -1.53. The van der Waals surface area contributed by atoms with Crippen LogP contribution in [0.1, 0.15) is 38.8 Å². The van der Waals surface area contributed by atoms with Crippen LogP contribution in [0.25, 0.3) is 0 Å². The van der Waals surface area contributed by atoms with Crippen LogP contribution in [0.4, 0.5) is 24.9 Å². The van der Waals surface area contributed by atoms with Gasteiger partial charge in [-0.1, -0.05) is 6.92 Å². The van der Waals surface area contributed by atoms with E-state index in [1.807, 2.05) is 18.7 Å². The lowest BCUT2D eigenvalue weighted by Gasteiger charge is -2.26. The number of rotatable bonds is 6. The maximum atomic E-state index is 13.0. The molecule has 7 heteroatoms. The van der Waals surface area contributed by atoms with Gasteiger partial charge in [0.05, 0.1) is 0 Å². The monoisotopic (exact) mass is 302 g/mol. The standard InChI is InChI=1S/C14H21F3N4/c1-4-7-18-13-19-11(14(15,16)17)8-12(20-13)21(3)9(2)10-5-6-10/h8-10H,4-7H2,1-3H3,(H,18,19,20). The Balaban J connectivity index is 2.29. The van der Waals surface area contributed by atoms with Crippen molar-refractivity contribution < 1.29 is 13.2 Å². The molecule has 4 nitrogen and oxygen atoms in total. The Kier molecular flexibility index (Phi) is 4.58. The molecular weight excluding hydrogens is 281 g/mol. The molecule has 1 fully saturated rings. The summed E-state index contributed by atoms with van der Waals surface area (Å²) < 4.78 is 38.9. The smallest absolute Gasteiger partial charge is 0.357 e. The molecule has 21 heavy (non-hydrogen) atoms. The summed E-state index contributed by atoms with van der Waals surface area (Å²) in [5, 5.41) is 2.84. The first-order valence-electron chi connectivity index (χ1n) is 7.26. The normalized spacial score (nSPS) is 16.7. The minimum absolute atomic E-state index is 0.0384. The molecule has 1 unspecified atom stereocenters. The molecule has 1 atom stereocenters. The van der Waals surface area contributed by atoms with Crippen LogP contribution in [0.5, 0.6) is 0 Å². The van der Waals surface area contributed by atoms with E-state index in [2.05, 4.69) is 15.3 Å². The maximum Gasteiger partial charge on any atom is 0.433 e. The summed E-state index contributed by atoms with van der Waals surface area (Å²) >= 11 is 0. The van der Waals surface area contributed by atoms with Gasteiger partial charge in [-0.2, -0.15) is 18.2 Å². The molecule has 0 spiro atoms. The highest BCUT2D eigenvalue weighted by atomic mass is 19.4. The first-order chi connectivity index (χ1) is 9.82. The molecule has 1 aromatic heterocycles. The van der Waals surface area contributed by atoms with Crippen LogP contribution in [0.3, 0.4) is 0 Å². The van der Waals surface area contributed by atoms with Crippen LogP contribution in [0, 0.1) is 5.92 Å². The van der Waals surface area contributed by atoms with Crippen LogP contribution < -0.4 is 10.2 Å². The maximum absolute atomic E-state index is 13.0. The average Bonchev–Trinajstić information content (AvgIpc) is 3.26. The summed E-state index contributed by atoms with van der Waals surface area (Å²) in [5.41, 5.74) is -0.902. The summed E-state index contributed by atoms with van der Waals surface area (Å²) in [4.78, 5) is 9.60. The van der Waals surface area contributed by atoms with E-state index in [9.17, 15) is 13.2 Å². The molecule has 1 aliphatic carbocycles. The predicted molar refractivity (Wildman–Crippen MR) is 76.4 cm³/mol. The second kappa shape index (κ2) is 6.07. The zero-order valence-electron chi connectivity index (χ0n) is 12.5. The van der Waals surface area contributed by atoms with Crippen LogP contribution in [-0.4, -0.2) is 29.6 Å². The first kappa shape index (κ1) is 15.9.